The normalized spacial score (nSPS) is 12.4. The van der Waals surface area contributed by atoms with E-state index < -0.39 is 6.10 Å². The van der Waals surface area contributed by atoms with Crippen molar-refractivity contribution < 1.29 is 9.90 Å². The monoisotopic (exact) mass is 229 g/mol. The van der Waals surface area contributed by atoms with Crippen molar-refractivity contribution in [2.75, 3.05) is 6.54 Å². The molecule has 0 aromatic carbocycles. The van der Waals surface area contributed by atoms with Crippen LogP contribution in [0.2, 0.25) is 0 Å². The van der Waals surface area contributed by atoms with E-state index in [2.05, 4.69) is 12.2 Å². The number of aliphatic hydroxyl groups excluding tert-OH is 1. The summed E-state index contributed by atoms with van der Waals surface area (Å²) in [6.07, 6.45) is 9.23. The van der Waals surface area contributed by atoms with Crippen molar-refractivity contribution in [2.24, 2.45) is 0 Å². The van der Waals surface area contributed by atoms with E-state index in [-0.39, 0.29) is 5.91 Å². The van der Waals surface area contributed by atoms with E-state index in [1.807, 2.05) is 0 Å². The number of carbonyl (C=O) groups excluding carboxylic acids is 1. The molecule has 0 bridgehead atoms. The highest BCUT2D eigenvalue weighted by molar-refractivity contribution is 5.79. The molecule has 0 fully saturated rings. The molecule has 0 unspecified atom stereocenters. The maximum Gasteiger partial charge on any atom is 0.248 e. The van der Waals surface area contributed by atoms with Crippen LogP contribution >= 0.6 is 0 Å². The number of hydrogen-bond donors (Lipinski definition) is 2. The average Bonchev–Trinajstić information content (AvgIpc) is 2.26. The van der Waals surface area contributed by atoms with Crippen LogP contribution in [0.25, 0.3) is 0 Å². The van der Waals surface area contributed by atoms with Gasteiger partial charge in [0.1, 0.15) is 6.10 Å². The van der Waals surface area contributed by atoms with Gasteiger partial charge in [-0.3, -0.25) is 4.79 Å². The maximum absolute atomic E-state index is 11.0. The number of hydrogen-bond acceptors (Lipinski definition) is 2. The van der Waals surface area contributed by atoms with Crippen molar-refractivity contribution in [3.63, 3.8) is 0 Å². The summed E-state index contributed by atoms with van der Waals surface area (Å²) in [5, 5.41) is 11.6. The molecular weight excluding hydrogens is 202 g/mol. The van der Waals surface area contributed by atoms with Crippen LogP contribution in [0, 0.1) is 0 Å². The second-order valence-electron chi connectivity index (χ2n) is 4.44. The Kier molecular flexibility index (Phi) is 10.5. The van der Waals surface area contributed by atoms with E-state index in [1.165, 1.54) is 51.9 Å². The summed E-state index contributed by atoms with van der Waals surface area (Å²) in [6.45, 7) is 4.41. The predicted molar refractivity (Wildman–Crippen MR) is 67.3 cm³/mol. The molecule has 1 atom stereocenters. The Balaban J connectivity index is 3.07. The molecule has 2 N–H and O–H groups in total. The Morgan fingerprint density at radius 1 is 1.06 bits per heavy atom. The maximum atomic E-state index is 11.0. The molecule has 96 valence electrons. The van der Waals surface area contributed by atoms with Gasteiger partial charge in [-0.25, -0.2) is 0 Å². The van der Waals surface area contributed by atoms with Gasteiger partial charge in [0.2, 0.25) is 5.91 Å². The molecule has 0 heterocycles. The van der Waals surface area contributed by atoms with Crippen LogP contribution in [0.1, 0.15) is 65.2 Å². The summed E-state index contributed by atoms with van der Waals surface area (Å²) in [5.41, 5.74) is 0. The molecule has 0 aliphatic heterocycles. The van der Waals surface area contributed by atoms with Crippen molar-refractivity contribution in [1.82, 2.24) is 5.32 Å². The fraction of sp³-hybridized carbons (Fsp3) is 0.923. The summed E-state index contributed by atoms with van der Waals surface area (Å²) in [5.74, 6) is -0.261. The number of nitrogens with one attached hydrogen (secondary N) is 1. The summed E-state index contributed by atoms with van der Waals surface area (Å²) in [4.78, 5) is 11.0. The topological polar surface area (TPSA) is 49.3 Å². The standard InChI is InChI=1S/C13H27NO2/c1-3-4-5-6-7-8-9-10-11-14-13(16)12(2)15/h12,15H,3-11H2,1-2H3,(H,14,16)/t12-/m0/s1. The first-order valence-electron chi connectivity index (χ1n) is 6.64. The zero-order chi connectivity index (χ0) is 12.2. The van der Waals surface area contributed by atoms with Crippen molar-refractivity contribution in [3.8, 4) is 0 Å². The van der Waals surface area contributed by atoms with Gasteiger partial charge in [-0.1, -0.05) is 51.9 Å². The molecule has 0 rings (SSSR count). The molecule has 3 nitrogen and oxygen atoms in total. The largest absolute Gasteiger partial charge is 0.384 e. The Labute approximate surface area is 99.6 Å². The molecular formula is C13H27NO2. The molecule has 3 heteroatoms. The number of carbonyl (C=O) groups is 1. The van der Waals surface area contributed by atoms with Gasteiger partial charge in [-0.05, 0) is 13.3 Å². The van der Waals surface area contributed by atoms with Gasteiger partial charge >= 0.3 is 0 Å². The van der Waals surface area contributed by atoms with Crippen molar-refractivity contribution in [1.29, 1.82) is 0 Å². The van der Waals surface area contributed by atoms with Crippen LogP contribution in [0.15, 0.2) is 0 Å². The second kappa shape index (κ2) is 10.9. The highest BCUT2D eigenvalue weighted by Gasteiger charge is 2.06. The third kappa shape index (κ3) is 9.97. The van der Waals surface area contributed by atoms with Crippen LogP contribution in [-0.4, -0.2) is 23.7 Å². The average molecular weight is 229 g/mol. The minimum atomic E-state index is -0.881. The highest BCUT2D eigenvalue weighted by atomic mass is 16.3. The number of amides is 1. The molecule has 16 heavy (non-hydrogen) atoms. The summed E-state index contributed by atoms with van der Waals surface area (Å²) < 4.78 is 0. The van der Waals surface area contributed by atoms with Gasteiger partial charge in [0.15, 0.2) is 0 Å². The predicted octanol–water partition coefficient (Wildman–Crippen LogP) is 2.62. The first-order valence-corrected chi connectivity index (χ1v) is 6.64. The number of aliphatic hydroxyl groups is 1. The first-order chi connectivity index (χ1) is 7.68. The van der Waals surface area contributed by atoms with E-state index in [0.717, 1.165) is 6.42 Å². The van der Waals surface area contributed by atoms with Gasteiger partial charge in [0.25, 0.3) is 0 Å². The fourth-order valence-electron chi connectivity index (χ4n) is 1.62. The van der Waals surface area contributed by atoms with Crippen LogP contribution in [0.4, 0.5) is 0 Å². The first kappa shape index (κ1) is 15.4. The molecule has 0 radical (unpaired) electrons. The van der Waals surface area contributed by atoms with Crippen molar-refractivity contribution in [2.45, 2.75) is 71.3 Å². The van der Waals surface area contributed by atoms with Gasteiger partial charge in [0.05, 0.1) is 0 Å². The molecule has 1 amide bonds. The summed E-state index contributed by atoms with van der Waals surface area (Å²) in [7, 11) is 0. The Bertz CT molecular complexity index is 169. The van der Waals surface area contributed by atoms with Crippen molar-refractivity contribution >= 4 is 5.91 Å². The molecule has 0 saturated heterocycles. The lowest BCUT2D eigenvalue weighted by Gasteiger charge is -2.06. The minimum absolute atomic E-state index is 0.261. The summed E-state index contributed by atoms with van der Waals surface area (Å²) >= 11 is 0. The van der Waals surface area contributed by atoms with Gasteiger partial charge in [-0.2, -0.15) is 0 Å². The number of rotatable bonds is 10. The van der Waals surface area contributed by atoms with Gasteiger partial charge < -0.3 is 10.4 Å². The van der Waals surface area contributed by atoms with Gasteiger partial charge in [0, 0.05) is 6.54 Å². The molecule has 0 spiro atoms. The highest BCUT2D eigenvalue weighted by Crippen LogP contribution is 2.07. The van der Waals surface area contributed by atoms with E-state index in [0.29, 0.717) is 6.54 Å². The molecule has 0 saturated carbocycles. The Hall–Kier alpha value is -0.570. The lowest BCUT2D eigenvalue weighted by Crippen LogP contribution is -2.33. The quantitative estimate of drug-likeness (QED) is 0.566. The van der Waals surface area contributed by atoms with E-state index in [4.69, 9.17) is 5.11 Å². The second-order valence-corrected chi connectivity index (χ2v) is 4.44. The molecule has 0 aliphatic rings. The van der Waals surface area contributed by atoms with Gasteiger partial charge in [-0.15, -0.1) is 0 Å². The van der Waals surface area contributed by atoms with Crippen LogP contribution in [-0.2, 0) is 4.79 Å². The molecule has 0 aliphatic carbocycles. The zero-order valence-electron chi connectivity index (χ0n) is 10.8. The lowest BCUT2D eigenvalue weighted by atomic mass is 10.1. The van der Waals surface area contributed by atoms with E-state index >= 15 is 0 Å². The Morgan fingerprint density at radius 2 is 1.56 bits per heavy atom. The van der Waals surface area contributed by atoms with E-state index in [9.17, 15) is 4.79 Å². The molecule has 0 aromatic heterocycles. The van der Waals surface area contributed by atoms with Crippen molar-refractivity contribution in [3.05, 3.63) is 0 Å². The summed E-state index contributed by atoms with van der Waals surface area (Å²) in [6, 6.07) is 0. The van der Waals surface area contributed by atoms with Crippen LogP contribution in [0.5, 0.6) is 0 Å². The SMILES string of the molecule is CCCCCCCCCCNC(=O)[C@H](C)O. The minimum Gasteiger partial charge on any atom is -0.384 e. The fourth-order valence-corrected chi connectivity index (χ4v) is 1.62. The number of unbranched alkanes of at least 4 members (excludes halogenated alkanes) is 7. The Morgan fingerprint density at radius 3 is 2.06 bits per heavy atom. The lowest BCUT2D eigenvalue weighted by molar-refractivity contribution is -0.128. The van der Waals surface area contributed by atoms with Crippen LogP contribution in [0.3, 0.4) is 0 Å². The van der Waals surface area contributed by atoms with Crippen LogP contribution < -0.4 is 5.32 Å². The zero-order valence-corrected chi connectivity index (χ0v) is 10.8. The third-order valence-electron chi connectivity index (χ3n) is 2.71. The third-order valence-corrected chi connectivity index (χ3v) is 2.71. The molecule has 0 aromatic rings. The smallest absolute Gasteiger partial charge is 0.248 e. The van der Waals surface area contributed by atoms with E-state index in [1.54, 1.807) is 0 Å².